The Morgan fingerprint density at radius 2 is 1.48 bits per heavy atom. The van der Waals surface area contributed by atoms with E-state index < -0.39 is 9.04 Å². The van der Waals surface area contributed by atoms with E-state index in [9.17, 15) is 0 Å². The zero-order chi connectivity index (χ0) is 16.3. The van der Waals surface area contributed by atoms with Gasteiger partial charge in [-0.15, -0.1) is 0 Å². The Morgan fingerprint density at radius 1 is 0.783 bits per heavy atom. The minimum atomic E-state index is -1.71. The fourth-order valence-electron chi connectivity index (χ4n) is 2.34. The van der Waals surface area contributed by atoms with Crippen molar-refractivity contribution in [3.05, 3.63) is 54.6 Å². The average Bonchev–Trinajstić information content (AvgIpc) is 2.60. The lowest BCUT2D eigenvalue weighted by Crippen LogP contribution is -2.45. The molecule has 0 fully saturated rings. The average molecular weight is 331 g/mol. The number of hydrogen-bond donors (Lipinski definition) is 2. The smallest absolute Gasteiger partial charge is 0.239 e. The molecule has 124 valence electrons. The number of benzene rings is 2. The molecule has 5 heteroatoms. The van der Waals surface area contributed by atoms with Gasteiger partial charge in [0.05, 0.1) is 6.61 Å². The van der Waals surface area contributed by atoms with E-state index in [0.717, 1.165) is 18.6 Å². The summed E-state index contributed by atoms with van der Waals surface area (Å²) in [6, 6.07) is 18.7. The summed E-state index contributed by atoms with van der Waals surface area (Å²) in [5.41, 5.74) is 11.1. The molecule has 0 saturated heterocycles. The summed E-state index contributed by atoms with van der Waals surface area (Å²) in [5, 5.41) is 2.49. The summed E-state index contributed by atoms with van der Waals surface area (Å²) < 4.78 is 12.0. The van der Waals surface area contributed by atoms with Crippen molar-refractivity contribution in [2.24, 2.45) is 11.5 Å². The highest BCUT2D eigenvalue weighted by molar-refractivity contribution is 6.80. The molecule has 0 spiro atoms. The van der Waals surface area contributed by atoms with Gasteiger partial charge in [0.15, 0.2) is 0 Å². The summed E-state index contributed by atoms with van der Waals surface area (Å²) >= 11 is 0. The Labute approximate surface area is 140 Å². The second kappa shape index (κ2) is 10.2. The molecule has 0 aromatic heterocycles. The van der Waals surface area contributed by atoms with Crippen molar-refractivity contribution in [3.8, 4) is 5.75 Å². The van der Waals surface area contributed by atoms with E-state index in [2.05, 4.69) is 36.4 Å². The lowest BCUT2D eigenvalue weighted by atomic mass is 10.3. The molecule has 2 aromatic carbocycles. The molecule has 0 heterocycles. The third-order valence-electron chi connectivity index (χ3n) is 3.51. The number of nitrogens with two attached hydrogens (primary N) is 2. The molecule has 4 N–H and O–H groups in total. The quantitative estimate of drug-likeness (QED) is 0.495. The summed E-state index contributed by atoms with van der Waals surface area (Å²) in [7, 11) is -1.71. The third-order valence-corrected chi connectivity index (χ3v) is 6.04. The maximum Gasteiger partial charge on any atom is 0.239 e. The van der Waals surface area contributed by atoms with Gasteiger partial charge in [0, 0.05) is 6.61 Å². The maximum absolute atomic E-state index is 6.22. The van der Waals surface area contributed by atoms with E-state index in [1.165, 1.54) is 10.4 Å². The lowest BCUT2D eigenvalue weighted by Gasteiger charge is -2.18. The highest BCUT2D eigenvalue weighted by atomic mass is 28.3. The number of ether oxygens (including phenoxy) is 1. The highest BCUT2D eigenvalue weighted by Crippen LogP contribution is 2.09. The van der Waals surface area contributed by atoms with Crippen molar-refractivity contribution in [3.63, 3.8) is 0 Å². The van der Waals surface area contributed by atoms with E-state index >= 15 is 0 Å². The van der Waals surface area contributed by atoms with Crippen molar-refractivity contribution in [1.82, 2.24) is 0 Å². The summed E-state index contributed by atoms with van der Waals surface area (Å²) in [5.74, 6) is 0.881. The van der Waals surface area contributed by atoms with Crippen LogP contribution in [0.5, 0.6) is 5.75 Å². The molecule has 0 aliphatic heterocycles. The van der Waals surface area contributed by atoms with Crippen LogP contribution in [0.3, 0.4) is 0 Å². The van der Waals surface area contributed by atoms with Crippen molar-refractivity contribution >= 4 is 19.4 Å². The molecule has 2 rings (SSSR count). The molecular weight excluding hydrogens is 304 g/mol. The van der Waals surface area contributed by atoms with Gasteiger partial charge in [0.2, 0.25) is 9.04 Å². The molecule has 0 radical (unpaired) electrons. The van der Waals surface area contributed by atoms with Crippen LogP contribution in [0.4, 0.5) is 0 Å². The molecular formula is C18H26N2O2Si. The molecule has 1 unspecified atom stereocenters. The first-order valence-electron chi connectivity index (χ1n) is 8.14. The predicted molar refractivity (Wildman–Crippen MR) is 98.1 cm³/mol. The normalized spacial score (nSPS) is 12.1. The minimum Gasteiger partial charge on any atom is -0.494 e. The zero-order valence-electron chi connectivity index (χ0n) is 13.5. The Morgan fingerprint density at radius 3 is 2.22 bits per heavy atom. The van der Waals surface area contributed by atoms with Gasteiger partial charge in [0.25, 0.3) is 0 Å². The Balaban J connectivity index is 2.15. The standard InChI is InChI=1S/C18H26N2O2Si/c19-11-5-13-21-16-7-4-10-18(15-16)23(22-14-6-12-20)17-8-2-1-3-9-17/h1-4,7-10,15,23H,5-6,11-14,19-20H2. The Bertz CT molecular complexity index is 566. The van der Waals surface area contributed by atoms with Crippen LogP contribution in [0.25, 0.3) is 0 Å². The lowest BCUT2D eigenvalue weighted by molar-refractivity contribution is 0.313. The molecule has 0 amide bonds. The van der Waals surface area contributed by atoms with Gasteiger partial charge in [-0.05, 0) is 48.4 Å². The molecule has 1 atom stereocenters. The highest BCUT2D eigenvalue weighted by Gasteiger charge is 2.18. The maximum atomic E-state index is 6.22. The van der Waals surface area contributed by atoms with Crippen LogP contribution in [-0.4, -0.2) is 35.3 Å². The molecule has 0 bridgehead atoms. The van der Waals surface area contributed by atoms with Gasteiger partial charge in [-0.3, -0.25) is 0 Å². The van der Waals surface area contributed by atoms with Crippen LogP contribution in [0, 0.1) is 0 Å². The molecule has 0 aliphatic rings. The van der Waals surface area contributed by atoms with Crippen LogP contribution in [0.2, 0.25) is 0 Å². The van der Waals surface area contributed by atoms with Crippen molar-refractivity contribution in [1.29, 1.82) is 0 Å². The van der Waals surface area contributed by atoms with Gasteiger partial charge < -0.3 is 20.6 Å². The number of rotatable bonds is 10. The van der Waals surface area contributed by atoms with Gasteiger partial charge in [-0.1, -0.05) is 42.5 Å². The van der Waals surface area contributed by atoms with Crippen LogP contribution in [0.15, 0.2) is 54.6 Å². The SMILES string of the molecule is NCCCOc1cccc([SiH](OCCCN)c2ccccc2)c1. The van der Waals surface area contributed by atoms with E-state index in [4.69, 9.17) is 20.6 Å². The predicted octanol–water partition coefficient (Wildman–Crippen LogP) is 0.618. The second-order valence-corrected chi connectivity index (χ2v) is 7.79. The molecule has 0 saturated carbocycles. The monoisotopic (exact) mass is 330 g/mol. The number of hydrogen-bond acceptors (Lipinski definition) is 4. The van der Waals surface area contributed by atoms with Crippen LogP contribution in [0.1, 0.15) is 12.8 Å². The van der Waals surface area contributed by atoms with E-state index in [-0.39, 0.29) is 0 Å². The molecule has 23 heavy (non-hydrogen) atoms. The summed E-state index contributed by atoms with van der Waals surface area (Å²) in [6.07, 6.45) is 1.74. The Hall–Kier alpha value is -1.66. The van der Waals surface area contributed by atoms with Crippen molar-refractivity contribution < 1.29 is 9.16 Å². The van der Waals surface area contributed by atoms with Crippen LogP contribution < -0.4 is 26.6 Å². The largest absolute Gasteiger partial charge is 0.494 e. The first-order chi connectivity index (χ1) is 11.3. The molecule has 4 nitrogen and oxygen atoms in total. The zero-order valence-corrected chi connectivity index (χ0v) is 14.6. The topological polar surface area (TPSA) is 70.5 Å². The van der Waals surface area contributed by atoms with Crippen LogP contribution >= 0.6 is 0 Å². The van der Waals surface area contributed by atoms with Gasteiger partial charge in [-0.25, -0.2) is 0 Å². The van der Waals surface area contributed by atoms with E-state index in [1.807, 2.05) is 18.2 Å². The van der Waals surface area contributed by atoms with Crippen molar-refractivity contribution in [2.45, 2.75) is 12.8 Å². The summed E-state index contributed by atoms with van der Waals surface area (Å²) in [6.45, 7) is 2.63. The second-order valence-electron chi connectivity index (χ2n) is 5.37. The first-order valence-corrected chi connectivity index (χ1v) is 9.77. The minimum absolute atomic E-state index is 0.642. The summed E-state index contributed by atoms with van der Waals surface area (Å²) in [4.78, 5) is 0. The first kappa shape index (κ1) is 17.7. The fraction of sp³-hybridized carbons (Fsp3) is 0.333. The van der Waals surface area contributed by atoms with Crippen molar-refractivity contribution in [2.75, 3.05) is 26.3 Å². The van der Waals surface area contributed by atoms with Gasteiger partial charge in [-0.2, -0.15) is 0 Å². The molecule has 2 aromatic rings. The fourth-order valence-corrected chi connectivity index (χ4v) is 4.68. The van der Waals surface area contributed by atoms with Gasteiger partial charge >= 0.3 is 0 Å². The van der Waals surface area contributed by atoms with Gasteiger partial charge in [0.1, 0.15) is 5.75 Å². The van der Waals surface area contributed by atoms with E-state index in [1.54, 1.807) is 0 Å². The third kappa shape index (κ3) is 5.80. The van der Waals surface area contributed by atoms with Crippen LogP contribution in [-0.2, 0) is 4.43 Å². The Kier molecular flexibility index (Phi) is 7.83. The van der Waals surface area contributed by atoms with E-state index in [0.29, 0.717) is 26.3 Å². The molecule has 0 aliphatic carbocycles.